The number of nitrogens with two attached hydrogens (primary N) is 1. The van der Waals surface area contributed by atoms with Gasteiger partial charge in [-0.05, 0) is 37.5 Å². The Morgan fingerprint density at radius 2 is 1.96 bits per heavy atom. The van der Waals surface area contributed by atoms with Gasteiger partial charge in [-0.1, -0.05) is 11.6 Å². The minimum atomic E-state index is -0.600. The summed E-state index contributed by atoms with van der Waals surface area (Å²) >= 11 is 5.94. The van der Waals surface area contributed by atoms with Gasteiger partial charge in [-0.25, -0.2) is 0 Å². The molecule has 1 aromatic carbocycles. The zero-order valence-electron chi connectivity index (χ0n) is 14.0. The van der Waals surface area contributed by atoms with Gasteiger partial charge in [0.15, 0.2) is 0 Å². The van der Waals surface area contributed by atoms with Crippen LogP contribution in [0, 0.1) is 5.41 Å². The molecule has 0 saturated carbocycles. The van der Waals surface area contributed by atoms with E-state index in [4.69, 9.17) is 26.8 Å². The van der Waals surface area contributed by atoms with Crippen LogP contribution >= 0.6 is 11.6 Å². The van der Waals surface area contributed by atoms with E-state index in [1.54, 1.807) is 30.2 Å². The Balaban J connectivity index is 2.11. The molecule has 24 heavy (non-hydrogen) atoms. The number of halogens is 1. The molecule has 132 valence electrons. The molecule has 0 unspecified atom stereocenters. The largest absolute Gasteiger partial charge is 0.496 e. The van der Waals surface area contributed by atoms with Crippen molar-refractivity contribution in [3.63, 3.8) is 0 Å². The van der Waals surface area contributed by atoms with Crippen molar-refractivity contribution >= 4 is 23.4 Å². The molecular formula is C17H23ClN2O4. The molecule has 1 heterocycles. The van der Waals surface area contributed by atoms with Crippen molar-refractivity contribution in [2.24, 2.45) is 11.1 Å². The smallest absolute Gasteiger partial charge is 0.257 e. The molecule has 1 aliphatic heterocycles. The molecule has 0 spiro atoms. The highest BCUT2D eigenvalue weighted by atomic mass is 35.5. The number of benzene rings is 1. The maximum atomic E-state index is 12.7. The van der Waals surface area contributed by atoms with Crippen molar-refractivity contribution in [3.05, 3.63) is 28.8 Å². The summed E-state index contributed by atoms with van der Waals surface area (Å²) in [6, 6.07) is 4.93. The molecule has 2 amide bonds. The van der Waals surface area contributed by atoms with Gasteiger partial charge >= 0.3 is 0 Å². The zero-order valence-corrected chi connectivity index (χ0v) is 14.8. The number of carbonyl (C=O) groups excluding carboxylic acids is 2. The number of ether oxygens (including phenoxy) is 2. The fourth-order valence-electron chi connectivity index (χ4n) is 3.07. The van der Waals surface area contributed by atoms with E-state index in [0.29, 0.717) is 55.3 Å². The molecule has 0 aliphatic carbocycles. The molecule has 1 aliphatic rings. The second-order valence-electron chi connectivity index (χ2n) is 6.02. The zero-order chi connectivity index (χ0) is 17.7. The summed E-state index contributed by atoms with van der Waals surface area (Å²) in [5.74, 6) is -0.0114. The Bertz CT molecular complexity index is 613. The van der Waals surface area contributed by atoms with Gasteiger partial charge in [-0.15, -0.1) is 0 Å². The Morgan fingerprint density at radius 3 is 2.50 bits per heavy atom. The highest BCUT2D eigenvalue weighted by Crippen LogP contribution is 2.36. The monoisotopic (exact) mass is 354 g/mol. The molecule has 2 N–H and O–H groups in total. The Morgan fingerprint density at radius 1 is 1.29 bits per heavy atom. The van der Waals surface area contributed by atoms with Gasteiger partial charge < -0.3 is 20.1 Å². The molecule has 0 bridgehead atoms. The Kier molecular flexibility index (Phi) is 6.07. The highest BCUT2D eigenvalue weighted by molar-refractivity contribution is 6.30. The van der Waals surface area contributed by atoms with Crippen molar-refractivity contribution in [3.8, 4) is 5.75 Å². The standard InChI is InChI=1S/C17H23ClN2O4/c1-23-10-7-17(16(19)22)5-8-20(9-6-17)15(21)13-4-3-12(18)11-14(13)24-2/h3-4,11H,5-10H2,1-2H3,(H2,19,22). The molecule has 2 rings (SSSR count). The average molecular weight is 355 g/mol. The number of piperidine rings is 1. The molecule has 1 aromatic rings. The van der Waals surface area contributed by atoms with E-state index in [1.165, 1.54) is 7.11 Å². The molecular weight excluding hydrogens is 332 g/mol. The minimum absolute atomic E-state index is 0.131. The van der Waals surface area contributed by atoms with Crippen LogP contribution in [0.25, 0.3) is 0 Å². The first-order chi connectivity index (χ1) is 11.4. The quantitative estimate of drug-likeness (QED) is 0.848. The topological polar surface area (TPSA) is 81.9 Å². The van der Waals surface area contributed by atoms with E-state index in [2.05, 4.69) is 0 Å². The van der Waals surface area contributed by atoms with Crippen LogP contribution in [-0.4, -0.2) is 50.6 Å². The van der Waals surface area contributed by atoms with Crippen LogP contribution in [0.2, 0.25) is 5.02 Å². The van der Waals surface area contributed by atoms with Crippen LogP contribution in [-0.2, 0) is 9.53 Å². The maximum Gasteiger partial charge on any atom is 0.257 e. The van der Waals surface area contributed by atoms with Gasteiger partial charge in [0.2, 0.25) is 5.91 Å². The number of amides is 2. The van der Waals surface area contributed by atoms with Crippen molar-refractivity contribution in [1.29, 1.82) is 0 Å². The first-order valence-corrected chi connectivity index (χ1v) is 8.23. The van der Waals surface area contributed by atoms with Crippen molar-refractivity contribution < 1.29 is 19.1 Å². The van der Waals surface area contributed by atoms with Gasteiger partial charge in [0, 0.05) is 31.8 Å². The Labute approximate surface area is 146 Å². The van der Waals surface area contributed by atoms with E-state index < -0.39 is 5.41 Å². The molecule has 0 radical (unpaired) electrons. The molecule has 0 atom stereocenters. The summed E-state index contributed by atoms with van der Waals surface area (Å²) in [6.07, 6.45) is 1.64. The van der Waals surface area contributed by atoms with Crippen molar-refractivity contribution in [1.82, 2.24) is 4.90 Å². The third-order valence-electron chi connectivity index (χ3n) is 4.71. The van der Waals surface area contributed by atoms with Crippen LogP contribution < -0.4 is 10.5 Å². The van der Waals surface area contributed by atoms with E-state index in [-0.39, 0.29) is 11.8 Å². The molecule has 6 nitrogen and oxygen atoms in total. The van der Waals surface area contributed by atoms with E-state index in [9.17, 15) is 9.59 Å². The van der Waals surface area contributed by atoms with Crippen LogP contribution in [0.4, 0.5) is 0 Å². The Hall–Kier alpha value is -1.79. The van der Waals surface area contributed by atoms with Gasteiger partial charge in [0.25, 0.3) is 5.91 Å². The molecule has 1 fully saturated rings. The van der Waals surface area contributed by atoms with Gasteiger partial charge in [0.1, 0.15) is 5.75 Å². The van der Waals surface area contributed by atoms with E-state index >= 15 is 0 Å². The summed E-state index contributed by atoms with van der Waals surface area (Å²) in [6.45, 7) is 1.41. The highest BCUT2D eigenvalue weighted by Gasteiger charge is 2.40. The third kappa shape index (κ3) is 3.82. The fraction of sp³-hybridized carbons (Fsp3) is 0.529. The number of rotatable bonds is 6. The van der Waals surface area contributed by atoms with Crippen LogP contribution in [0.5, 0.6) is 5.75 Å². The number of likely N-dealkylation sites (tertiary alicyclic amines) is 1. The minimum Gasteiger partial charge on any atom is -0.496 e. The average Bonchev–Trinajstić information content (AvgIpc) is 2.59. The molecule has 1 saturated heterocycles. The third-order valence-corrected chi connectivity index (χ3v) is 4.94. The lowest BCUT2D eigenvalue weighted by atomic mass is 9.75. The number of methoxy groups -OCH3 is 2. The second-order valence-corrected chi connectivity index (χ2v) is 6.46. The van der Waals surface area contributed by atoms with Crippen molar-refractivity contribution in [2.75, 3.05) is 33.9 Å². The number of hydrogen-bond donors (Lipinski definition) is 1. The normalized spacial score (nSPS) is 16.7. The maximum absolute atomic E-state index is 12.7. The molecule has 7 heteroatoms. The number of primary amides is 1. The van der Waals surface area contributed by atoms with Gasteiger partial charge in [-0.3, -0.25) is 9.59 Å². The summed E-state index contributed by atoms with van der Waals surface area (Å²) in [4.78, 5) is 26.4. The van der Waals surface area contributed by atoms with Crippen LogP contribution in [0.15, 0.2) is 18.2 Å². The van der Waals surface area contributed by atoms with E-state index in [0.717, 1.165) is 0 Å². The van der Waals surface area contributed by atoms with Crippen LogP contribution in [0.1, 0.15) is 29.6 Å². The second kappa shape index (κ2) is 7.85. The lowest BCUT2D eigenvalue weighted by Gasteiger charge is -2.39. The summed E-state index contributed by atoms with van der Waals surface area (Å²) < 4.78 is 10.3. The first kappa shape index (κ1) is 18.5. The lowest BCUT2D eigenvalue weighted by molar-refractivity contribution is -0.131. The summed E-state index contributed by atoms with van der Waals surface area (Å²) in [5.41, 5.74) is 5.47. The summed E-state index contributed by atoms with van der Waals surface area (Å²) in [5, 5.41) is 0.509. The predicted octanol–water partition coefficient (Wildman–Crippen LogP) is 2.09. The number of hydrogen-bond acceptors (Lipinski definition) is 4. The van der Waals surface area contributed by atoms with Crippen LogP contribution in [0.3, 0.4) is 0 Å². The van der Waals surface area contributed by atoms with Gasteiger partial charge in [-0.2, -0.15) is 0 Å². The van der Waals surface area contributed by atoms with Gasteiger partial charge in [0.05, 0.1) is 18.1 Å². The summed E-state index contributed by atoms with van der Waals surface area (Å²) in [7, 11) is 3.10. The lowest BCUT2D eigenvalue weighted by Crippen LogP contribution is -2.49. The molecule has 0 aromatic heterocycles. The fourth-order valence-corrected chi connectivity index (χ4v) is 3.23. The van der Waals surface area contributed by atoms with Crippen molar-refractivity contribution in [2.45, 2.75) is 19.3 Å². The number of nitrogens with zero attached hydrogens (tertiary/aromatic N) is 1. The first-order valence-electron chi connectivity index (χ1n) is 7.85. The SMILES string of the molecule is COCCC1(C(N)=O)CCN(C(=O)c2ccc(Cl)cc2OC)CC1. The number of carbonyl (C=O) groups is 2. The van der Waals surface area contributed by atoms with E-state index in [1.807, 2.05) is 0 Å². The predicted molar refractivity (Wildman–Crippen MR) is 91.3 cm³/mol.